The van der Waals surface area contributed by atoms with Crippen LogP contribution >= 0.6 is 15.9 Å². The Balaban J connectivity index is 1.66. The van der Waals surface area contributed by atoms with Crippen LogP contribution < -0.4 is 5.32 Å². The monoisotopic (exact) mass is 383 g/mol. The Hall–Kier alpha value is -1.91. The maximum absolute atomic E-state index is 4.53. The maximum atomic E-state index is 4.53. The van der Waals surface area contributed by atoms with E-state index in [1.165, 1.54) is 11.1 Å². The normalized spacial score (nSPS) is 12.3. The summed E-state index contributed by atoms with van der Waals surface area (Å²) in [5.41, 5.74) is 5.83. The fourth-order valence-electron chi connectivity index (χ4n) is 2.85. The number of nitrogens with one attached hydrogen (secondary N) is 1. The molecule has 0 aliphatic carbocycles. The van der Waals surface area contributed by atoms with Gasteiger partial charge in [0.2, 0.25) is 0 Å². The Morgan fingerprint density at radius 2 is 1.79 bits per heavy atom. The van der Waals surface area contributed by atoms with Gasteiger partial charge in [0.15, 0.2) is 0 Å². The van der Waals surface area contributed by atoms with Crippen molar-refractivity contribution in [2.75, 3.05) is 0 Å². The molecular formula is C20H22BrN3. The quantitative estimate of drug-likeness (QED) is 0.663. The molecule has 1 aromatic heterocycles. The van der Waals surface area contributed by atoms with E-state index in [0.29, 0.717) is 0 Å². The van der Waals surface area contributed by atoms with Gasteiger partial charge in [0.1, 0.15) is 0 Å². The van der Waals surface area contributed by atoms with Crippen LogP contribution in [0.3, 0.4) is 0 Å². The van der Waals surface area contributed by atoms with Crippen LogP contribution in [0.5, 0.6) is 0 Å². The van der Waals surface area contributed by atoms with Crippen LogP contribution in [0.2, 0.25) is 0 Å². The Bertz CT molecular complexity index is 821. The second kappa shape index (κ2) is 7.32. The van der Waals surface area contributed by atoms with E-state index in [1.54, 1.807) is 0 Å². The minimum absolute atomic E-state index is 0.288. The minimum atomic E-state index is 0.288. The second-order valence-electron chi connectivity index (χ2n) is 6.13. The van der Waals surface area contributed by atoms with Crippen LogP contribution in [-0.2, 0) is 6.54 Å². The molecule has 24 heavy (non-hydrogen) atoms. The first-order chi connectivity index (χ1) is 11.5. The van der Waals surface area contributed by atoms with Gasteiger partial charge in [0.05, 0.1) is 11.4 Å². The smallest absolute Gasteiger partial charge is 0.0648 e. The second-order valence-corrected chi connectivity index (χ2v) is 6.98. The zero-order chi connectivity index (χ0) is 17.1. The summed E-state index contributed by atoms with van der Waals surface area (Å²) in [6, 6.07) is 19.3. The lowest BCUT2D eigenvalue weighted by molar-refractivity contribution is 0.573. The summed E-state index contributed by atoms with van der Waals surface area (Å²) in [6.07, 6.45) is 0. The molecule has 1 unspecified atom stereocenters. The van der Waals surface area contributed by atoms with E-state index >= 15 is 0 Å². The molecule has 3 rings (SSSR count). The van der Waals surface area contributed by atoms with Crippen molar-refractivity contribution in [2.45, 2.75) is 33.4 Å². The lowest BCUT2D eigenvalue weighted by atomic mass is 10.1. The summed E-state index contributed by atoms with van der Waals surface area (Å²) < 4.78 is 3.13. The summed E-state index contributed by atoms with van der Waals surface area (Å²) in [5, 5.41) is 8.11. The van der Waals surface area contributed by atoms with Gasteiger partial charge in [-0.15, -0.1) is 0 Å². The van der Waals surface area contributed by atoms with E-state index in [1.807, 2.05) is 17.7 Å². The third-order valence-corrected chi connectivity index (χ3v) is 4.90. The SMILES string of the molecule is Cc1cc(C)n(-c2ccc(CNC(C)c3ccccc3Br)cc2)n1. The van der Waals surface area contributed by atoms with Crippen LogP contribution in [0.1, 0.15) is 35.5 Å². The lowest BCUT2D eigenvalue weighted by Crippen LogP contribution is -2.18. The topological polar surface area (TPSA) is 29.9 Å². The highest BCUT2D eigenvalue weighted by Gasteiger charge is 2.08. The molecule has 1 atom stereocenters. The van der Waals surface area contributed by atoms with Gasteiger partial charge in [-0.1, -0.05) is 46.3 Å². The number of hydrogen-bond donors (Lipinski definition) is 1. The van der Waals surface area contributed by atoms with Crippen molar-refractivity contribution in [3.05, 3.63) is 81.6 Å². The molecule has 2 aromatic carbocycles. The molecule has 1 heterocycles. The summed E-state index contributed by atoms with van der Waals surface area (Å²) in [6.45, 7) is 7.12. The molecular weight excluding hydrogens is 362 g/mol. The fraction of sp³-hybridized carbons (Fsp3) is 0.250. The number of benzene rings is 2. The maximum Gasteiger partial charge on any atom is 0.0648 e. The van der Waals surface area contributed by atoms with Gasteiger partial charge in [-0.25, -0.2) is 4.68 Å². The Kier molecular flexibility index (Phi) is 5.17. The van der Waals surface area contributed by atoms with Gasteiger partial charge in [0, 0.05) is 22.8 Å². The first-order valence-electron chi connectivity index (χ1n) is 8.15. The Morgan fingerprint density at radius 1 is 1.08 bits per heavy atom. The van der Waals surface area contributed by atoms with Crippen LogP contribution in [0.25, 0.3) is 5.69 Å². The average Bonchev–Trinajstić information content (AvgIpc) is 2.92. The molecule has 0 amide bonds. The molecule has 0 bridgehead atoms. The van der Waals surface area contributed by atoms with Crippen molar-refractivity contribution in [1.29, 1.82) is 0 Å². The lowest BCUT2D eigenvalue weighted by Gasteiger charge is -2.16. The van der Waals surface area contributed by atoms with Gasteiger partial charge in [0.25, 0.3) is 0 Å². The molecule has 3 aromatic rings. The van der Waals surface area contributed by atoms with Crippen molar-refractivity contribution in [1.82, 2.24) is 15.1 Å². The van der Waals surface area contributed by atoms with E-state index in [4.69, 9.17) is 0 Å². The molecule has 0 radical (unpaired) electrons. The van der Waals surface area contributed by atoms with E-state index in [2.05, 4.69) is 88.7 Å². The molecule has 124 valence electrons. The van der Waals surface area contributed by atoms with Crippen LogP contribution in [-0.4, -0.2) is 9.78 Å². The molecule has 0 saturated heterocycles. The highest BCUT2D eigenvalue weighted by atomic mass is 79.9. The van der Waals surface area contributed by atoms with Gasteiger partial charge >= 0.3 is 0 Å². The fourth-order valence-corrected chi connectivity index (χ4v) is 3.48. The molecule has 0 spiro atoms. The standard InChI is InChI=1S/C20H22BrN3/c1-14-12-15(2)24(23-14)18-10-8-17(9-11-18)13-22-16(3)19-6-4-5-7-20(19)21/h4-12,16,22H,13H2,1-3H3. The first kappa shape index (κ1) is 16.9. The van der Waals surface area contributed by atoms with Crippen molar-refractivity contribution >= 4 is 15.9 Å². The minimum Gasteiger partial charge on any atom is -0.306 e. The summed E-state index contributed by atoms with van der Waals surface area (Å²) in [4.78, 5) is 0. The van der Waals surface area contributed by atoms with E-state index in [9.17, 15) is 0 Å². The van der Waals surface area contributed by atoms with Gasteiger partial charge in [-0.2, -0.15) is 5.10 Å². The largest absolute Gasteiger partial charge is 0.306 e. The van der Waals surface area contributed by atoms with Crippen molar-refractivity contribution in [3.63, 3.8) is 0 Å². The number of nitrogens with zero attached hydrogens (tertiary/aromatic N) is 2. The summed E-state index contributed by atoms with van der Waals surface area (Å²) >= 11 is 3.62. The molecule has 4 heteroatoms. The Labute approximate surface area is 151 Å². The van der Waals surface area contributed by atoms with E-state index in [0.717, 1.165) is 28.1 Å². The third-order valence-electron chi connectivity index (χ3n) is 4.17. The van der Waals surface area contributed by atoms with Gasteiger partial charge < -0.3 is 5.32 Å². The third kappa shape index (κ3) is 3.77. The predicted molar refractivity (Wildman–Crippen MR) is 102 cm³/mol. The number of hydrogen-bond acceptors (Lipinski definition) is 2. The Morgan fingerprint density at radius 3 is 2.42 bits per heavy atom. The zero-order valence-electron chi connectivity index (χ0n) is 14.3. The highest BCUT2D eigenvalue weighted by molar-refractivity contribution is 9.10. The predicted octanol–water partition coefficient (Wildman–Crippen LogP) is 5.10. The van der Waals surface area contributed by atoms with E-state index < -0.39 is 0 Å². The van der Waals surface area contributed by atoms with Crippen LogP contribution in [0.4, 0.5) is 0 Å². The molecule has 3 nitrogen and oxygen atoms in total. The number of halogens is 1. The first-order valence-corrected chi connectivity index (χ1v) is 8.94. The van der Waals surface area contributed by atoms with Gasteiger partial charge in [-0.3, -0.25) is 0 Å². The zero-order valence-corrected chi connectivity index (χ0v) is 15.8. The van der Waals surface area contributed by atoms with Gasteiger partial charge in [-0.05, 0) is 56.2 Å². The number of aromatic nitrogens is 2. The molecule has 0 fully saturated rings. The summed E-state index contributed by atoms with van der Waals surface area (Å²) in [5.74, 6) is 0. The number of rotatable bonds is 5. The van der Waals surface area contributed by atoms with Crippen LogP contribution in [0.15, 0.2) is 59.1 Å². The van der Waals surface area contributed by atoms with E-state index in [-0.39, 0.29) is 6.04 Å². The molecule has 0 aliphatic heterocycles. The summed E-state index contributed by atoms with van der Waals surface area (Å²) in [7, 11) is 0. The van der Waals surface area contributed by atoms with Crippen LogP contribution in [0, 0.1) is 13.8 Å². The van der Waals surface area contributed by atoms with Crippen molar-refractivity contribution < 1.29 is 0 Å². The highest BCUT2D eigenvalue weighted by Crippen LogP contribution is 2.23. The average molecular weight is 384 g/mol. The van der Waals surface area contributed by atoms with Crippen molar-refractivity contribution in [3.8, 4) is 5.69 Å². The van der Waals surface area contributed by atoms with Crippen molar-refractivity contribution in [2.24, 2.45) is 0 Å². The molecule has 0 aliphatic rings. The number of aryl methyl sites for hydroxylation is 2. The molecule has 1 N–H and O–H groups in total. The molecule has 0 saturated carbocycles.